The zero-order valence-electron chi connectivity index (χ0n) is 11.0. The molecule has 1 aliphatic rings. The first-order chi connectivity index (χ1) is 8.33. The van der Waals surface area contributed by atoms with Gasteiger partial charge in [-0.15, -0.1) is 0 Å². The zero-order valence-corrected chi connectivity index (χ0v) is 11.0. The van der Waals surface area contributed by atoms with Gasteiger partial charge in [-0.1, -0.05) is 6.92 Å². The highest BCUT2D eigenvalue weighted by Gasteiger charge is 2.19. The summed E-state index contributed by atoms with van der Waals surface area (Å²) in [5.41, 5.74) is 1.35. The molecule has 0 radical (unpaired) electrons. The molecule has 17 heavy (non-hydrogen) atoms. The number of hydrogen-bond acceptors (Lipinski definition) is 3. The van der Waals surface area contributed by atoms with Crippen LogP contribution in [-0.2, 0) is 13.1 Å². The van der Waals surface area contributed by atoms with Gasteiger partial charge in [0.05, 0.1) is 5.69 Å². The van der Waals surface area contributed by atoms with Gasteiger partial charge >= 0.3 is 0 Å². The number of nitrogens with zero attached hydrogens (tertiary/aromatic N) is 3. The van der Waals surface area contributed by atoms with Gasteiger partial charge in [0.1, 0.15) is 0 Å². The number of likely N-dealkylation sites (N-methyl/N-ethyl adjacent to an activating group) is 1. The van der Waals surface area contributed by atoms with E-state index >= 15 is 0 Å². The molecule has 96 valence electrons. The van der Waals surface area contributed by atoms with Gasteiger partial charge in [-0.3, -0.25) is 9.58 Å². The summed E-state index contributed by atoms with van der Waals surface area (Å²) in [4.78, 5) is 2.54. The summed E-state index contributed by atoms with van der Waals surface area (Å²) < 4.78 is 2.14. The highest BCUT2D eigenvalue weighted by atomic mass is 15.3. The fourth-order valence-electron chi connectivity index (χ4n) is 2.57. The van der Waals surface area contributed by atoms with Crippen molar-refractivity contribution in [3.05, 3.63) is 18.0 Å². The van der Waals surface area contributed by atoms with Crippen LogP contribution in [0.1, 0.15) is 31.9 Å². The normalized spacial score (nSPS) is 21.9. The number of aryl methyl sites for hydroxylation is 1. The lowest BCUT2D eigenvalue weighted by Gasteiger charge is -2.32. The maximum absolute atomic E-state index is 4.38. The van der Waals surface area contributed by atoms with Crippen molar-refractivity contribution in [3.8, 4) is 0 Å². The summed E-state index contributed by atoms with van der Waals surface area (Å²) in [5, 5.41) is 7.77. The molecule has 1 aliphatic heterocycles. The van der Waals surface area contributed by atoms with Crippen LogP contribution in [0.4, 0.5) is 0 Å². The Kier molecular flexibility index (Phi) is 4.57. The fourth-order valence-corrected chi connectivity index (χ4v) is 2.57. The maximum atomic E-state index is 4.38. The maximum Gasteiger partial charge on any atom is 0.0524 e. The second kappa shape index (κ2) is 6.17. The van der Waals surface area contributed by atoms with E-state index in [9.17, 15) is 0 Å². The van der Waals surface area contributed by atoms with E-state index in [1.165, 1.54) is 25.1 Å². The quantitative estimate of drug-likeness (QED) is 0.840. The van der Waals surface area contributed by atoms with Crippen molar-refractivity contribution in [2.45, 2.75) is 45.3 Å². The molecule has 1 saturated heterocycles. The summed E-state index contributed by atoms with van der Waals surface area (Å²) in [6.45, 7) is 6.65. The summed E-state index contributed by atoms with van der Waals surface area (Å²) in [6, 6.07) is 2.81. The standard InChI is InChI=1S/C13H24N4/c1-3-8-17-13(6-7-15-17)11-16-9-4-5-12(10-16)14-2/h6-7,12,14H,3-5,8-11H2,1-2H3. The Morgan fingerprint density at radius 1 is 1.53 bits per heavy atom. The van der Waals surface area contributed by atoms with Crippen LogP contribution in [0, 0.1) is 0 Å². The molecule has 0 saturated carbocycles. The van der Waals surface area contributed by atoms with Crippen LogP contribution in [0.2, 0.25) is 0 Å². The first kappa shape index (κ1) is 12.6. The average Bonchev–Trinajstić information content (AvgIpc) is 2.78. The molecule has 1 fully saturated rings. The second-order valence-corrected chi connectivity index (χ2v) is 4.91. The highest BCUT2D eigenvalue weighted by molar-refractivity contribution is 5.01. The molecule has 2 heterocycles. The van der Waals surface area contributed by atoms with Crippen molar-refractivity contribution in [2.75, 3.05) is 20.1 Å². The van der Waals surface area contributed by atoms with Gasteiger partial charge in [0.2, 0.25) is 0 Å². The Bertz CT molecular complexity index is 334. The lowest BCUT2D eigenvalue weighted by molar-refractivity contribution is 0.183. The van der Waals surface area contributed by atoms with E-state index in [0.717, 1.165) is 26.1 Å². The molecule has 1 aromatic rings. The predicted octanol–water partition coefficient (Wildman–Crippen LogP) is 1.48. The Morgan fingerprint density at radius 3 is 3.18 bits per heavy atom. The molecule has 4 nitrogen and oxygen atoms in total. The van der Waals surface area contributed by atoms with Crippen molar-refractivity contribution in [3.63, 3.8) is 0 Å². The van der Waals surface area contributed by atoms with Crippen LogP contribution in [-0.4, -0.2) is 40.9 Å². The van der Waals surface area contributed by atoms with Crippen LogP contribution in [0.5, 0.6) is 0 Å². The number of likely N-dealkylation sites (tertiary alicyclic amines) is 1. The van der Waals surface area contributed by atoms with Gasteiger partial charge in [0.25, 0.3) is 0 Å². The van der Waals surface area contributed by atoms with Crippen LogP contribution in [0.15, 0.2) is 12.3 Å². The van der Waals surface area contributed by atoms with Crippen molar-refractivity contribution in [1.29, 1.82) is 0 Å². The van der Waals surface area contributed by atoms with Crippen molar-refractivity contribution in [1.82, 2.24) is 20.0 Å². The number of piperidine rings is 1. The SMILES string of the molecule is CCCn1nccc1CN1CCCC(NC)C1. The van der Waals surface area contributed by atoms with Gasteiger partial charge in [-0.2, -0.15) is 5.10 Å². The highest BCUT2D eigenvalue weighted by Crippen LogP contribution is 2.13. The summed E-state index contributed by atoms with van der Waals surface area (Å²) in [6.07, 6.45) is 5.67. The third-order valence-electron chi connectivity index (χ3n) is 3.54. The molecule has 4 heteroatoms. The number of nitrogens with one attached hydrogen (secondary N) is 1. The first-order valence-corrected chi connectivity index (χ1v) is 6.73. The molecule has 1 N–H and O–H groups in total. The Morgan fingerprint density at radius 2 is 2.41 bits per heavy atom. The van der Waals surface area contributed by atoms with Crippen molar-refractivity contribution in [2.24, 2.45) is 0 Å². The van der Waals surface area contributed by atoms with Gasteiger partial charge in [0.15, 0.2) is 0 Å². The molecule has 0 bridgehead atoms. The van der Waals surface area contributed by atoms with Crippen LogP contribution in [0.25, 0.3) is 0 Å². The molecule has 2 rings (SSSR count). The number of aromatic nitrogens is 2. The zero-order chi connectivity index (χ0) is 12.1. The van der Waals surface area contributed by atoms with E-state index in [1.807, 2.05) is 6.20 Å². The molecule has 0 amide bonds. The average molecular weight is 236 g/mol. The molecule has 0 aromatic carbocycles. The topological polar surface area (TPSA) is 33.1 Å². The Balaban J connectivity index is 1.93. The lowest BCUT2D eigenvalue weighted by Crippen LogP contribution is -2.44. The molecule has 0 spiro atoms. The Labute approximate surface area is 104 Å². The predicted molar refractivity (Wildman–Crippen MR) is 69.9 cm³/mol. The fraction of sp³-hybridized carbons (Fsp3) is 0.769. The van der Waals surface area contributed by atoms with Crippen molar-refractivity contribution < 1.29 is 0 Å². The summed E-state index contributed by atoms with van der Waals surface area (Å²) in [7, 11) is 2.06. The minimum Gasteiger partial charge on any atom is -0.316 e. The number of hydrogen-bond donors (Lipinski definition) is 1. The summed E-state index contributed by atoms with van der Waals surface area (Å²) in [5.74, 6) is 0. The first-order valence-electron chi connectivity index (χ1n) is 6.73. The summed E-state index contributed by atoms with van der Waals surface area (Å²) >= 11 is 0. The van der Waals surface area contributed by atoms with E-state index in [2.05, 4.69) is 40.0 Å². The lowest BCUT2D eigenvalue weighted by atomic mass is 10.1. The molecule has 0 aliphatic carbocycles. The monoisotopic (exact) mass is 236 g/mol. The molecular weight excluding hydrogens is 212 g/mol. The molecule has 1 atom stereocenters. The molecule has 1 unspecified atom stereocenters. The third-order valence-corrected chi connectivity index (χ3v) is 3.54. The number of rotatable bonds is 5. The van der Waals surface area contributed by atoms with Crippen LogP contribution in [0.3, 0.4) is 0 Å². The Hall–Kier alpha value is -0.870. The van der Waals surface area contributed by atoms with E-state index in [4.69, 9.17) is 0 Å². The largest absolute Gasteiger partial charge is 0.316 e. The van der Waals surface area contributed by atoms with Gasteiger partial charge in [-0.25, -0.2) is 0 Å². The van der Waals surface area contributed by atoms with E-state index in [0.29, 0.717) is 6.04 Å². The van der Waals surface area contributed by atoms with Crippen LogP contribution >= 0.6 is 0 Å². The van der Waals surface area contributed by atoms with E-state index in [1.54, 1.807) is 0 Å². The van der Waals surface area contributed by atoms with Gasteiger partial charge in [0, 0.05) is 31.9 Å². The second-order valence-electron chi connectivity index (χ2n) is 4.91. The van der Waals surface area contributed by atoms with Gasteiger partial charge < -0.3 is 5.32 Å². The van der Waals surface area contributed by atoms with E-state index < -0.39 is 0 Å². The molecule has 1 aromatic heterocycles. The van der Waals surface area contributed by atoms with Gasteiger partial charge in [-0.05, 0) is 38.9 Å². The minimum absolute atomic E-state index is 0.659. The van der Waals surface area contributed by atoms with Crippen LogP contribution < -0.4 is 5.32 Å². The smallest absolute Gasteiger partial charge is 0.0524 e. The minimum atomic E-state index is 0.659. The van der Waals surface area contributed by atoms with E-state index in [-0.39, 0.29) is 0 Å². The van der Waals surface area contributed by atoms with Crippen molar-refractivity contribution >= 4 is 0 Å². The molecular formula is C13H24N4. The third kappa shape index (κ3) is 3.30.